The minimum absolute atomic E-state index is 0.0644. The molecular weight excluding hydrogens is 544 g/mol. The van der Waals surface area contributed by atoms with Crippen molar-refractivity contribution in [3.63, 3.8) is 0 Å². The van der Waals surface area contributed by atoms with Gasteiger partial charge in [0.15, 0.2) is 0 Å². The molecule has 0 aliphatic rings. The zero-order valence-electron chi connectivity index (χ0n) is 30.4. The number of carbonyl (C=O) groups is 2. The van der Waals surface area contributed by atoms with Gasteiger partial charge in [0.2, 0.25) is 0 Å². The van der Waals surface area contributed by atoms with E-state index in [-0.39, 0.29) is 24.1 Å². The fraction of sp³-hybridized carbons (Fsp3) is 0.950. The van der Waals surface area contributed by atoms with Crippen molar-refractivity contribution in [3.05, 3.63) is 0 Å². The predicted octanol–water partition coefficient (Wildman–Crippen LogP) is 13.4. The minimum atomic E-state index is -0.0793. The lowest BCUT2D eigenvalue weighted by atomic mass is 10.0. The van der Waals surface area contributed by atoms with Crippen LogP contribution in [0.5, 0.6) is 0 Å². The van der Waals surface area contributed by atoms with Crippen LogP contribution in [0.15, 0.2) is 0 Å². The first-order chi connectivity index (χ1) is 21.6. The van der Waals surface area contributed by atoms with Crippen LogP contribution in [-0.4, -0.2) is 24.1 Å². The van der Waals surface area contributed by atoms with E-state index in [1.54, 1.807) is 0 Å². The van der Waals surface area contributed by atoms with Crippen molar-refractivity contribution >= 4 is 11.9 Å². The van der Waals surface area contributed by atoms with Crippen LogP contribution in [0.1, 0.15) is 233 Å². The second-order valence-electron chi connectivity index (χ2n) is 13.7. The molecular formula is C40H78O4. The molecule has 0 radical (unpaired) electrons. The number of rotatable bonds is 35. The van der Waals surface area contributed by atoms with E-state index >= 15 is 0 Å². The molecule has 0 N–H and O–H groups in total. The molecule has 0 atom stereocenters. The first-order valence-electron chi connectivity index (χ1n) is 20.0. The Morgan fingerprint density at radius 2 is 0.568 bits per heavy atom. The topological polar surface area (TPSA) is 52.6 Å². The maximum atomic E-state index is 12.7. The SMILES string of the molecule is CCCCCCCCC(CCCCCCCC)OC(=O)CCCCC(=O)OC(CCCCCCCC)CCCCCCCC. The highest BCUT2D eigenvalue weighted by atomic mass is 16.5. The van der Waals surface area contributed by atoms with Gasteiger partial charge in [-0.05, 0) is 64.2 Å². The molecule has 0 rings (SSSR count). The Morgan fingerprint density at radius 3 is 0.818 bits per heavy atom. The first-order valence-corrected chi connectivity index (χ1v) is 20.0. The number of ether oxygens (including phenoxy) is 2. The van der Waals surface area contributed by atoms with Crippen molar-refractivity contribution in [2.24, 2.45) is 0 Å². The number of hydrogen-bond acceptors (Lipinski definition) is 4. The third kappa shape index (κ3) is 30.9. The Labute approximate surface area is 276 Å². The van der Waals surface area contributed by atoms with E-state index < -0.39 is 0 Å². The van der Waals surface area contributed by atoms with Crippen LogP contribution < -0.4 is 0 Å². The van der Waals surface area contributed by atoms with Crippen LogP contribution in [0, 0.1) is 0 Å². The van der Waals surface area contributed by atoms with Crippen LogP contribution >= 0.6 is 0 Å². The molecule has 0 fully saturated rings. The summed E-state index contributed by atoms with van der Waals surface area (Å²) in [4.78, 5) is 25.4. The van der Waals surface area contributed by atoms with E-state index in [9.17, 15) is 9.59 Å². The molecule has 0 aromatic carbocycles. The van der Waals surface area contributed by atoms with Gasteiger partial charge in [-0.1, -0.05) is 156 Å². The van der Waals surface area contributed by atoms with Gasteiger partial charge < -0.3 is 9.47 Å². The van der Waals surface area contributed by atoms with Gasteiger partial charge in [-0.15, -0.1) is 0 Å². The normalized spacial score (nSPS) is 11.5. The van der Waals surface area contributed by atoms with Gasteiger partial charge in [0, 0.05) is 12.8 Å². The molecule has 0 bridgehead atoms. The minimum Gasteiger partial charge on any atom is -0.462 e. The van der Waals surface area contributed by atoms with E-state index in [0.717, 1.165) is 51.4 Å². The van der Waals surface area contributed by atoms with Crippen LogP contribution in [0.3, 0.4) is 0 Å². The highest BCUT2D eigenvalue weighted by molar-refractivity contribution is 5.70. The molecule has 0 aliphatic heterocycles. The average Bonchev–Trinajstić information content (AvgIpc) is 3.01. The third-order valence-electron chi connectivity index (χ3n) is 9.13. The summed E-state index contributed by atoms with van der Waals surface area (Å²) < 4.78 is 12.0. The Bertz CT molecular complexity index is 520. The lowest BCUT2D eigenvalue weighted by Crippen LogP contribution is -2.19. The third-order valence-corrected chi connectivity index (χ3v) is 9.13. The van der Waals surface area contributed by atoms with Gasteiger partial charge in [0.05, 0.1) is 0 Å². The molecule has 0 spiro atoms. The van der Waals surface area contributed by atoms with E-state index in [1.807, 2.05) is 0 Å². The van der Waals surface area contributed by atoms with E-state index in [2.05, 4.69) is 27.7 Å². The maximum Gasteiger partial charge on any atom is 0.306 e. The Hall–Kier alpha value is -1.06. The molecule has 0 aromatic rings. The van der Waals surface area contributed by atoms with Gasteiger partial charge >= 0.3 is 11.9 Å². The summed E-state index contributed by atoms with van der Waals surface area (Å²) in [5.41, 5.74) is 0. The standard InChI is InChI=1S/C40H78O4/c1-5-9-13-17-21-25-31-37(32-26-22-18-14-10-6-2)43-39(41)35-29-30-36-40(42)44-38(33-27-23-19-15-11-7-3)34-28-24-20-16-12-8-4/h37-38H,5-36H2,1-4H3. The Morgan fingerprint density at radius 1 is 0.341 bits per heavy atom. The van der Waals surface area contributed by atoms with Crippen molar-refractivity contribution in [2.45, 2.75) is 245 Å². The summed E-state index contributed by atoms with van der Waals surface area (Å²) in [7, 11) is 0. The molecule has 0 unspecified atom stereocenters. The highest BCUT2D eigenvalue weighted by Crippen LogP contribution is 2.20. The van der Waals surface area contributed by atoms with E-state index in [4.69, 9.17) is 9.47 Å². The van der Waals surface area contributed by atoms with E-state index in [0.29, 0.717) is 25.7 Å². The molecule has 262 valence electrons. The van der Waals surface area contributed by atoms with Crippen molar-refractivity contribution in [1.29, 1.82) is 0 Å². The Kier molecular flexibility index (Phi) is 34.0. The van der Waals surface area contributed by atoms with Gasteiger partial charge in [-0.2, -0.15) is 0 Å². The summed E-state index contributed by atoms with van der Waals surface area (Å²) in [6.45, 7) is 9.02. The smallest absolute Gasteiger partial charge is 0.306 e. The predicted molar refractivity (Wildman–Crippen MR) is 190 cm³/mol. The van der Waals surface area contributed by atoms with Crippen LogP contribution in [0.2, 0.25) is 0 Å². The average molecular weight is 623 g/mol. The second kappa shape index (κ2) is 34.8. The van der Waals surface area contributed by atoms with Gasteiger partial charge in [-0.3, -0.25) is 9.59 Å². The lowest BCUT2D eigenvalue weighted by molar-refractivity contribution is -0.152. The summed E-state index contributed by atoms with van der Waals surface area (Å²) in [5.74, 6) is -0.159. The summed E-state index contributed by atoms with van der Waals surface area (Å²) in [6.07, 6.45) is 36.8. The molecule has 44 heavy (non-hydrogen) atoms. The molecule has 4 nitrogen and oxygen atoms in total. The summed E-state index contributed by atoms with van der Waals surface area (Å²) >= 11 is 0. The number of esters is 2. The zero-order chi connectivity index (χ0) is 32.4. The quantitative estimate of drug-likeness (QED) is 0.0521. The molecule has 0 aromatic heterocycles. The molecule has 0 heterocycles. The van der Waals surface area contributed by atoms with Gasteiger partial charge in [-0.25, -0.2) is 0 Å². The van der Waals surface area contributed by atoms with Crippen LogP contribution in [0.4, 0.5) is 0 Å². The molecule has 0 amide bonds. The molecule has 0 saturated carbocycles. The van der Waals surface area contributed by atoms with Crippen molar-refractivity contribution in [3.8, 4) is 0 Å². The summed E-state index contributed by atoms with van der Waals surface area (Å²) in [5, 5.41) is 0. The number of unbranched alkanes of at least 4 members (excludes halogenated alkanes) is 21. The Balaban J connectivity index is 4.44. The molecule has 0 aliphatic carbocycles. The first kappa shape index (κ1) is 42.9. The second-order valence-corrected chi connectivity index (χ2v) is 13.7. The highest BCUT2D eigenvalue weighted by Gasteiger charge is 2.16. The zero-order valence-corrected chi connectivity index (χ0v) is 30.4. The molecule has 0 saturated heterocycles. The van der Waals surface area contributed by atoms with Gasteiger partial charge in [0.25, 0.3) is 0 Å². The van der Waals surface area contributed by atoms with E-state index in [1.165, 1.54) is 128 Å². The maximum absolute atomic E-state index is 12.7. The van der Waals surface area contributed by atoms with Crippen molar-refractivity contribution in [1.82, 2.24) is 0 Å². The fourth-order valence-electron chi connectivity index (χ4n) is 6.16. The summed E-state index contributed by atoms with van der Waals surface area (Å²) in [6, 6.07) is 0. The van der Waals surface area contributed by atoms with Crippen LogP contribution in [0.25, 0.3) is 0 Å². The number of hydrogen-bond donors (Lipinski definition) is 0. The van der Waals surface area contributed by atoms with Crippen molar-refractivity contribution in [2.75, 3.05) is 0 Å². The van der Waals surface area contributed by atoms with Crippen molar-refractivity contribution < 1.29 is 19.1 Å². The number of carbonyl (C=O) groups excluding carboxylic acids is 2. The monoisotopic (exact) mass is 623 g/mol. The molecule has 4 heteroatoms. The fourth-order valence-corrected chi connectivity index (χ4v) is 6.16. The van der Waals surface area contributed by atoms with Gasteiger partial charge in [0.1, 0.15) is 12.2 Å². The largest absolute Gasteiger partial charge is 0.462 e. The lowest BCUT2D eigenvalue weighted by Gasteiger charge is -2.19. The van der Waals surface area contributed by atoms with Crippen LogP contribution in [-0.2, 0) is 19.1 Å².